The molecule has 1 aliphatic heterocycles. The molecule has 2 heterocycles. The number of hydrogen-bond donors (Lipinski definition) is 1. The van der Waals surface area contributed by atoms with Gasteiger partial charge >= 0.3 is 0 Å². The van der Waals surface area contributed by atoms with Gasteiger partial charge in [0.2, 0.25) is 0 Å². The second-order valence-corrected chi connectivity index (χ2v) is 7.96. The predicted molar refractivity (Wildman–Crippen MR) is 117 cm³/mol. The summed E-state index contributed by atoms with van der Waals surface area (Å²) < 4.78 is 0. The van der Waals surface area contributed by atoms with Crippen molar-refractivity contribution >= 4 is 23.4 Å². The summed E-state index contributed by atoms with van der Waals surface area (Å²) in [6, 6.07) is 15.0. The van der Waals surface area contributed by atoms with Crippen molar-refractivity contribution < 1.29 is 9.59 Å². The molecule has 0 saturated carbocycles. The van der Waals surface area contributed by atoms with Crippen LogP contribution in [-0.4, -0.2) is 58.0 Å². The molecule has 4 rings (SSSR count). The number of benzene rings is 2. The summed E-state index contributed by atoms with van der Waals surface area (Å²) in [6.45, 7) is 5.95. The number of amides is 2. The van der Waals surface area contributed by atoms with Crippen LogP contribution < -0.4 is 0 Å². The first-order valence-electron chi connectivity index (χ1n) is 9.90. The Bertz CT molecular complexity index is 1100. The lowest BCUT2D eigenvalue weighted by molar-refractivity contribution is 0.0532. The summed E-state index contributed by atoms with van der Waals surface area (Å²) in [5.41, 5.74) is 5.01. The molecule has 3 aromatic rings. The van der Waals surface area contributed by atoms with E-state index in [1.807, 2.05) is 26.0 Å². The van der Waals surface area contributed by atoms with E-state index in [1.54, 1.807) is 40.1 Å². The Labute approximate surface area is 180 Å². The first kappa shape index (κ1) is 20.2. The van der Waals surface area contributed by atoms with E-state index in [0.717, 1.165) is 16.8 Å². The zero-order chi connectivity index (χ0) is 21.3. The normalized spacial score (nSPS) is 14.1. The van der Waals surface area contributed by atoms with Crippen LogP contribution in [0.4, 0.5) is 0 Å². The summed E-state index contributed by atoms with van der Waals surface area (Å²) in [7, 11) is 0. The summed E-state index contributed by atoms with van der Waals surface area (Å²) in [5, 5.41) is 7.65. The maximum atomic E-state index is 12.9. The number of piperazine rings is 1. The fourth-order valence-corrected chi connectivity index (χ4v) is 3.97. The summed E-state index contributed by atoms with van der Waals surface area (Å²) in [6.07, 6.45) is 0. The van der Waals surface area contributed by atoms with E-state index >= 15 is 0 Å². The van der Waals surface area contributed by atoms with Gasteiger partial charge in [-0.05, 0) is 37.6 Å². The van der Waals surface area contributed by atoms with E-state index < -0.39 is 0 Å². The number of rotatable bonds is 3. The van der Waals surface area contributed by atoms with E-state index in [9.17, 15) is 9.59 Å². The lowest BCUT2D eigenvalue weighted by Crippen LogP contribution is -2.50. The molecular weight excluding hydrogens is 400 g/mol. The van der Waals surface area contributed by atoms with E-state index in [4.69, 9.17) is 11.6 Å². The third kappa shape index (κ3) is 3.96. The van der Waals surface area contributed by atoms with Crippen molar-refractivity contribution in [2.24, 2.45) is 0 Å². The molecule has 6 nitrogen and oxygen atoms in total. The van der Waals surface area contributed by atoms with E-state index in [-0.39, 0.29) is 11.8 Å². The van der Waals surface area contributed by atoms with Crippen LogP contribution in [0.1, 0.15) is 32.0 Å². The fourth-order valence-electron chi connectivity index (χ4n) is 3.76. The first-order valence-corrected chi connectivity index (χ1v) is 10.3. The highest BCUT2D eigenvalue weighted by molar-refractivity contribution is 6.33. The highest BCUT2D eigenvalue weighted by Gasteiger charge is 2.27. The SMILES string of the molecule is Cc1ccc(-c2cc(C(=O)N3CCN(C(=O)c4ccccc4Cl)CC3)[nH]n2)c(C)c1. The molecule has 2 aromatic carbocycles. The second-order valence-electron chi connectivity index (χ2n) is 7.55. The van der Waals surface area contributed by atoms with Crippen molar-refractivity contribution in [2.75, 3.05) is 26.2 Å². The number of nitrogens with zero attached hydrogens (tertiary/aromatic N) is 3. The Hall–Kier alpha value is -3.12. The topological polar surface area (TPSA) is 69.3 Å². The lowest BCUT2D eigenvalue weighted by atomic mass is 10.0. The highest BCUT2D eigenvalue weighted by atomic mass is 35.5. The van der Waals surface area contributed by atoms with Gasteiger partial charge < -0.3 is 9.80 Å². The van der Waals surface area contributed by atoms with Crippen LogP contribution >= 0.6 is 11.6 Å². The molecule has 30 heavy (non-hydrogen) atoms. The molecule has 0 atom stereocenters. The lowest BCUT2D eigenvalue weighted by Gasteiger charge is -2.34. The van der Waals surface area contributed by atoms with E-state index in [2.05, 4.69) is 16.3 Å². The molecule has 0 radical (unpaired) electrons. The minimum atomic E-state index is -0.108. The number of carbonyl (C=O) groups is 2. The molecule has 7 heteroatoms. The Balaban J connectivity index is 1.42. The van der Waals surface area contributed by atoms with Gasteiger partial charge in [0.15, 0.2) is 0 Å². The summed E-state index contributed by atoms with van der Waals surface area (Å²) in [5.74, 6) is -0.213. The molecule has 1 N–H and O–H groups in total. The zero-order valence-electron chi connectivity index (χ0n) is 17.0. The molecule has 154 valence electrons. The Kier molecular flexibility index (Phi) is 5.59. The minimum absolute atomic E-state index is 0.105. The minimum Gasteiger partial charge on any atom is -0.335 e. The molecule has 2 amide bonds. The molecule has 1 aliphatic rings. The Morgan fingerprint density at radius 3 is 2.27 bits per heavy atom. The number of aromatic nitrogens is 2. The van der Waals surface area contributed by atoms with Crippen LogP contribution in [0.2, 0.25) is 5.02 Å². The van der Waals surface area contributed by atoms with Gasteiger partial charge in [-0.2, -0.15) is 5.10 Å². The van der Waals surface area contributed by atoms with Gasteiger partial charge in [0.05, 0.1) is 16.3 Å². The van der Waals surface area contributed by atoms with Gasteiger partial charge in [0.1, 0.15) is 5.69 Å². The number of aromatic amines is 1. The van der Waals surface area contributed by atoms with Gasteiger partial charge in [-0.15, -0.1) is 0 Å². The predicted octanol–water partition coefficient (Wildman–Crippen LogP) is 3.95. The number of hydrogen-bond acceptors (Lipinski definition) is 3. The molecule has 0 spiro atoms. The van der Waals surface area contributed by atoms with E-state index in [0.29, 0.717) is 42.5 Å². The molecule has 0 aliphatic carbocycles. The van der Waals surface area contributed by atoms with Crippen LogP contribution in [0, 0.1) is 13.8 Å². The highest BCUT2D eigenvalue weighted by Crippen LogP contribution is 2.24. The number of aryl methyl sites for hydroxylation is 2. The monoisotopic (exact) mass is 422 g/mol. The second kappa shape index (κ2) is 8.32. The number of H-pyrrole nitrogens is 1. The Morgan fingerprint density at radius 2 is 1.60 bits per heavy atom. The standard InChI is InChI=1S/C23H23ClN4O2/c1-15-7-8-17(16(2)13-15)20-14-21(26-25-20)23(30)28-11-9-27(10-12-28)22(29)18-5-3-4-6-19(18)24/h3-8,13-14H,9-12H2,1-2H3,(H,25,26). The smallest absolute Gasteiger partial charge is 0.272 e. The van der Waals surface area contributed by atoms with Crippen LogP contribution in [0.15, 0.2) is 48.5 Å². The molecular formula is C23H23ClN4O2. The maximum Gasteiger partial charge on any atom is 0.272 e. The molecule has 0 unspecified atom stereocenters. The van der Waals surface area contributed by atoms with Crippen LogP contribution in [0.25, 0.3) is 11.3 Å². The average Bonchev–Trinajstić information content (AvgIpc) is 3.23. The summed E-state index contributed by atoms with van der Waals surface area (Å²) in [4.78, 5) is 29.1. The van der Waals surface area contributed by atoms with Gasteiger partial charge in [-0.1, -0.05) is 47.5 Å². The number of halogens is 1. The zero-order valence-corrected chi connectivity index (χ0v) is 17.7. The molecule has 0 bridgehead atoms. The van der Waals surface area contributed by atoms with Crippen LogP contribution in [-0.2, 0) is 0 Å². The van der Waals surface area contributed by atoms with Gasteiger partial charge in [-0.25, -0.2) is 0 Å². The third-order valence-corrected chi connectivity index (χ3v) is 5.75. The van der Waals surface area contributed by atoms with Crippen molar-refractivity contribution in [1.82, 2.24) is 20.0 Å². The van der Waals surface area contributed by atoms with Crippen LogP contribution in [0.5, 0.6) is 0 Å². The van der Waals surface area contributed by atoms with Crippen molar-refractivity contribution in [3.05, 3.63) is 75.9 Å². The Morgan fingerprint density at radius 1 is 0.933 bits per heavy atom. The quantitative estimate of drug-likeness (QED) is 0.694. The van der Waals surface area contributed by atoms with Gasteiger partial charge in [-0.3, -0.25) is 14.7 Å². The molecule has 1 fully saturated rings. The third-order valence-electron chi connectivity index (χ3n) is 5.42. The molecule has 1 aromatic heterocycles. The summed E-state index contributed by atoms with van der Waals surface area (Å²) >= 11 is 6.15. The maximum absolute atomic E-state index is 12.9. The first-order chi connectivity index (χ1) is 14.4. The average molecular weight is 423 g/mol. The van der Waals surface area contributed by atoms with Crippen molar-refractivity contribution in [3.63, 3.8) is 0 Å². The van der Waals surface area contributed by atoms with Crippen molar-refractivity contribution in [2.45, 2.75) is 13.8 Å². The number of carbonyl (C=O) groups excluding carboxylic acids is 2. The van der Waals surface area contributed by atoms with E-state index in [1.165, 1.54) is 5.56 Å². The van der Waals surface area contributed by atoms with Crippen molar-refractivity contribution in [3.8, 4) is 11.3 Å². The number of nitrogens with one attached hydrogen (secondary N) is 1. The van der Waals surface area contributed by atoms with Crippen LogP contribution in [0.3, 0.4) is 0 Å². The van der Waals surface area contributed by atoms with Crippen molar-refractivity contribution in [1.29, 1.82) is 0 Å². The largest absolute Gasteiger partial charge is 0.335 e. The fraction of sp³-hybridized carbons (Fsp3) is 0.261. The van der Waals surface area contributed by atoms with Gasteiger partial charge in [0, 0.05) is 31.7 Å². The molecule has 1 saturated heterocycles. The van der Waals surface area contributed by atoms with Gasteiger partial charge in [0.25, 0.3) is 11.8 Å².